The predicted molar refractivity (Wildman–Crippen MR) is 69.5 cm³/mol. The van der Waals surface area contributed by atoms with Gasteiger partial charge in [-0.05, 0) is 23.1 Å². The van der Waals surface area contributed by atoms with E-state index in [1.807, 2.05) is 16.8 Å². The van der Waals surface area contributed by atoms with Gasteiger partial charge in [0.25, 0.3) is 0 Å². The van der Waals surface area contributed by atoms with Gasteiger partial charge in [0.05, 0.1) is 6.07 Å². The summed E-state index contributed by atoms with van der Waals surface area (Å²) in [4.78, 5) is 0. The molecule has 2 rings (SSSR count). The van der Waals surface area contributed by atoms with Gasteiger partial charge in [-0.1, -0.05) is 26.0 Å². The van der Waals surface area contributed by atoms with Crippen molar-refractivity contribution in [2.45, 2.75) is 33.0 Å². The molecular formula is C14H17N3. The minimum atomic E-state index is 0.407. The van der Waals surface area contributed by atoms with Gasteiger partial charge >= 0.3 is 0 Å². The van der Waals surface area contributed by atoms with E-state index in [0.717, 1.165) is 12.1 Å². The Morgan fingerprint density at radius 3 is 2.88 bits per heavy atom. The monoisotopic (exact) mass is 227 g/mol. The van der Waals surface area contributed by atoms with Gasteiger partial charge in [0.2, 0.25) is 0 Å². The number of nitrogens with one attached hydrogen (secondary N) is 1. The molecule has 0 amide bonds. The van der Waals surface area contributed by atoms with E-state index in [1.165, 1.54) is 10.9 Å². The first kappa shape index (κ1) is 11.7. The highest BCUT2D eigenvalue weighted by molar-refractivity contribution is 5.80. The summed E-state index contributed by atoms with van der Waals surface area (Å²) >= 11 is 0. The Hall–Kier alpha value is -1.79. The van der Waals surface area contributed by atoms with Gasteiger partial charge < -0.3 is 9.88 Å². The lowest BCUT2D eigenvalue weighted by atomic mass is 10.1. The largest absolute Gasteiger partial charge is 0.334 e. The van der Waals surface area contributed by atoms with Crippen molar-refractivity contribution in [3.05, 3.63) is 36.0 Å². The second-order valence-corrected chi connectivity index (χ2v) is 4.53. The van der Waals surface area contributed by atoms with Crippen molar-refractivity contribution in [3.63, 3.8) is 0 Å². The fraction of sp³-hybridized carbons (Fsp3) is 0.357. The average Bonchev–Trinajstić information content (AvgIpc) is 2.70. The third-order valence-electron chi connectivity index (χ3n) is 2.79. The standard InChI is InChI=1S/C14H17N3/c1-11(2)16-10-12-3-4-13-5-7-17(8-6-15)14(13)9-12/h3-5,7,9,11,16H,8,10H2,1-2H3. The summed E-state index contributed by atoms with van der Waals surface area (Å²) in [6.07, 6.45) is 1.97. The fourth-order valence-corrected chi connectivity index (χ4v) is 1.88. The van der Waals surface area contributed by atoms with Gasteiger partial charge in [-0.15, -0.1) is 0 Å². The Morgan fingerprint density at radius 1 is 1.35 bits per heavy atom. The van der Waals surface area contributed by atoms with Gasteiger partial charge in [-0.2, -0.15) is 5.26 Å². The second-order valence-electron chi connectivity index (χ2n) is 4.53. The molecule has 3 nitrogen and oxygen atoms in total. The summed E-state index contributed by atoms with van der Waals surface area (Å²) in [7, 11) is 0. The smallest absolute Gasteiger partial charge is 0.110 e. The lowest BCUT2D eigenvalue weighted by Gasteiger charge is -2.08. The van der Waals surface area contributed by atoms with Crippen LogP contribution in [0.15, 0.2) is 30.5 Å². The van der Waals surface area contributed by atoms with Crippen molar-refractivity contribution in [1.29, 1.82) is 5.26 Å². The van der Waals surface area contributed by atoms with Crippen LogP contribution in [0.4, 0.5) is 0 Å². The molecule has 88 valence electrons. The number of hydrogen-bond donors (Lipinski definition) is 1. The van der Waals surface area contributed by atoms with Gasteiger partial charge in [0.15, 0.2) is 0 Å². The maximum absolute atomic E-state index is 8.76. The summed E-state index contributed by atoms with van der Waals surface area (Å²) in [5.41, 5.74) is 2.39. The molecular weight excluding hydrogens is 210 g/mol. The van der Waals surface area contributed by atoms with Crippen molar-refractivity contribution >= 4 is 10.9 Å². The molecule has 0 atom stereocenters. The molecule has 1 N–H and O–H groups in total. The van der Waals surface area contributed by atoms with Crippen molar-refractivity contribution < 1.29 is 0 Å². The quantitative estimate of drug-likeness (QED) is 0.872. The SMILES string of the molecule is CC(C)NCc1ccc2ccn(CC#N)c2c1. The van der Waals surface area contributed by atoms with Gasteiger partial charge in [-0.3, -0.25) is 0 Å². The zero-order chi connectivity index (χ0) is 12.3. The number of aromatic nitrogens is 1. The van der Waals surface area contributed by atoms with E-state index in [9.17, 15) is 0 Å². The van der Waals surface area contributed by atoms with E-state index in [-0.39, 0.29) is 0 Å². The number of hydrogen-bond acceptors (Lipinski definition) is 2. The molecule has 0 fully saturated rings. The van der Waals surface area contributed by atoms with E-state index < -0.39 is 0 Å². The molecule has 0 unspecified atom stereocenters. The Bertz CT molecular complexity index is 546. The molecule has 3 heteroatoms. The van der Waals surface area contributed by atoms with E-state index >= 15 is 0 Å². The third kappa shape index (κ3) is 2.66. The lowest BCUT2D eigenvalue weighted by molar-refractivity contribution is 0.589. The molecule has 0 spiro atoms. The fourth-order valence-electron chi connectivity index (χ4n) is 1.88. The summed E-state index contributed by atoms with van der Waals surface area (Å²) < 4.78 is 1.98. The minimum Gasteiger partial charge on any atom is -0.334 e. The minimum absolute atomic E-state index is 0.407. The van der Waals surface area contributed by atoms with E-state index in [0.29, 0.717) is 12.6 Å². The first-order valence-electron chi connectivity index (χ1n) is 5.89. The molecule has 0 radical (unpaired) electrons. The Labute approximate surface area is 102 Å². The maximum atomic E-state index is 8.76. The summed E-state index contributed by atoms with van der Waals surface area (Å²) in [6, 6.07) is 11.1. The van der Waals surface area contributed by atoms with Gasteiger partial charge in [-0.25, -0.2) is 0 Å². The van der Waals surface area contributed by atoms with E-state index in [2.05, 4.69) is 43.4 Å². The molecule has 0 bridgehead atoms. The van der Waals surface area contributed by atoms with E-state index in [4.69, 9.17) is 5.26 Å². The first-order chi connectivity index (χ1) is 8.20. The van der Waals surface area contributed by atoms with Gasteiger partial charge in [0, 0.05) is 24.3 Å². The van der Waals surface area contributed by atoms with Crippen LogP contribution >= 0.6 is 0 Å². The highest BCUT2D eigenvalue weighted by Gasteiger charge is 2.02. The van der Waals surface area contributed by atoms with Crippen LogP contribution in [0.5, 0.6) is 0 Å². The van der Waals surface area contributed by atoms with Crippen LogP contribution in [-0.4, -0.2) is 10.6 Å². The van der Waals surface area contributed by atoms with Gasteiger partial charge in [0.1, 0.15) is 6.54 Å². The highest BCUT2D eigenvalue weighted by atomic mass is 14.9. The van der Waals surface area contributed by atoms with Crippen molar-refractivity contribution in [1.82, 2.24) is 9.88 Å². The van der Waals surface area contributed by atoms with Crippen LogP contribution in [0, 0.1) is 11.3 Å². The molecule has 1 heterocycles. The van der Waals surface area contributed by atoms with Crippen LogP contribution in [0.25, 0.3) is 10.9 Å². The molecule has 1 aromatic heterocycles. The first-order valence-corrected chi connectivity index (χ1v) is 5.89. The molecule has 17 heavy (non-hydrogen) atoms. The molecule has 2 aromatic rings. The Morgan fingerprint density at radius 2 is 2.18 bits per heavy atom. The Kier molecular flexibility index (Phi) is 3.46. The highest BCUT2D eigenvalue weighted by Crippen LogP contribution is 2.17. The maximum Gasteiger partial charge on any atom is 0.110 e. The topological polar surface area (TPSA) is 40.8 Å². The van der Waals surface area contributed by atoms with Crippen LogP contribution in [-0.2, 0) is 13.1 Å². The van der Waals surface area contributed by atoms with Crippen molar-refractivity contribution in [3.8, 4) is 6.07 Å². The molecule has 1 aromatic carbocycles. The predicted octanol–water partition coefficient (Wildman–Crippen LogP) is 2.66. The van der Waals surface area contributed by atoms with Crippen molar-refractivity contribution in [2.24, 2.45) is 0 Å². The number of nitriles is 1. The van der Waals surface area contributed by atoms with Crippen molar-refractivity contribution in [2.75, 3.05) is 0 Å². The van der Waals surface area contributed by atoms with Crippen LogP contribution in [0.3, 0.4) is 0 Å². The second kappa shape index (κ2) is 5.03. The number of rotatable bonds is 4. The van der Waals surface area contributed by atoms with Crippen LogP contribution < -0.4 is 5.32 Å². The molecule has 0 saturated heterocycles. The Balaban J connectivity index is 2.28. The van der Waals surface area contributed by atoms with Crippen LogP contribution in [0.1, 0.15) is 19.4 Å². The molecule has 0 saturated carbocycles. The summed E-state index contributed by atoms with van der Waals surface area (Å²) in [5, 5.41) is 13.3. The molecule has 0 aliphatic heterocycles. The summed E-state index contributed by atoms with van der Waals surface area (Å²) in [6.45, 7) is 5.55. The lowest BCUT2D eigenvalue weighted by Crippen LogP contribution is -2.21. The normalized spacial score (nSPS) is 10.9. The number of nitrogens with zero attached hydrogens (tertiary/aromatic N) is 2. The zero-order valence-electron chi connectivity index (χ0n) is 10.3. The zero-order valence-corrected chi connectivity index (χ0v) is 10.3. The molecule has 0 aliphatic carbocycles. The average molecular weight is 227 g/mol. The van der Waals surface area contributed by atoms with E-state index in [1.54, 1.807) is 0 Å². The van der Waals surface area contributed by atoms with Crippen LogP contribution in [0.2, 0.25) is 0 Å². The molecule has 0 aliphatic rings. The number of fused-ring (bicyclic) bond motifs is 1. The summed E-state index contributed by atoms with van der Waals surface area (Å²) in [5.74, 6) is 0. The third-order valence-corrected chi connectivity index (χ3v) is 2.79. The number of benzene rings is 1.